The third-order valence-electron chi connectivity index (χ3n) is 8.10. The van der Waals surface area contributed by atoms with Crippen LogP contribution in [0.1, 0.15) is 37.8 Å². The van der Waals surface area contributed by atoms with Gasteiger partial charge in [-0.15, -0.1) is 17.5 Å². The van der Waals surface area contributed by atoms with Gasteiger partial charge in [-0.1, -0.05) is 72.1 Å². The standard InChI is InChI=1S/C25H20NS.C15H18GeN.Ir/c1-15(2)17-11-12-26-21(14-17)20-13-18-8-6-7-16(3)23(18)24-19-9-4-5-10-22(19)27-25(20)24;1-12-10-15(13-8-6-5-7-9-13)17-11-14(12)16(2,3)4;/h4-12,14-15H,1-3H3;5-8,10-11H,1-4H3;/q2*-1;/i15D;;. The molecule has 0 bridgehead atoms. The van der Waals surface area contributed by atoms with Crippen LogP contribution in [0.15, 0.2) is 97.3 Å². The minimum atomic E-state index is -1.77. The maximum Gasteiger partial charge on any atom is 0.0346 e. The number of benzene rings is 4. The van der Waals surface area contributed by atoms with Crippen molar-refractivity contribution < 1.29 is 21.5 Å². The molecule has 2 nitrogen and oxygen atoms in total. The Morgan fingerprint density at radius 2 is 1.60 bits per heavy atom. The first kappa shape index (κ1) is 31.8. The summed E-state index contributed by atoms with van der Waals surface area (Å²) < 4.78 is 12.4. The largest absolute Gasteiger partial charge is 0.295 e. The van der Waals surface area contributed by atoms with Gasteiger partial charge in [-0.25, -0.2) is 0 Å². The van der Waals surface area contributed by atoms with E-state index in [2.05, 4.69) is 114 Å². The molecule has 5 heteroatoms. The fourth-order valence-corrected chi connectivity index (χ4v) is 10.7. The average molecular weight is 845 g/mol. The Morgan fingerprint density at radius 3 is 2.31 bits per heavy atom. The Bertz CT molecular complexity index is 2160. The van der Waals surface area contributed by atoms with Crippen LogP contribution in [0.2, 0.25) is 17.3 Å². The number of aromatic nitrogens is 2. The van der Waals surface area contributed by atoms with Crippen molar-refractivity contribution >= 4 is 59.9 Å². The number of hydrogen-bond acceptors (Lipinski definition) is 3. The molecular formula is C40H38GeIrN2S-2. The number of fused-ring (bicyclic) bond motifs is 5. The van der Waals surface area contributed by atoms with E-state index in [9.17, 15) is 0 Å². The van der Waals surface area contributed by atoms with Crippen LogP contribution in [0.3, 0.4) is 0 Å². The van der Waals surface area contributed by atoms with Crippen molar-refractivity contribution in [1.82, 2.24) is 9.97 Å². The smallest absolute Gasteiger partial charge is 0.0346 e. The molecule has 0 fully saturated rings. The molecule has 7 rings (SSSR count). The maximum absolute atomic E-state index is 8.41. The van der Waals surface area contributed by atoms with Crippen molar-refractivity contribution in [3.8, 4) is 22.5 Å². The van der Waals surface area contributed by atoms with E-state index in [0.29, 0.717) is 0 Å². The van der Waals surface area contributed by atoms with Crippen LogP contribution in [0.4, 0.5) is 0 Å². The van der Waals surface area contributed by atoms with Gasteiger partial charge in [-0.05, 0) is 40.6 Å². The summed E-state index contributed by atoms with van der Waals surface area (Å²) in [5, 5.41) is 4.97. The van der Waals surface area contributed by atoms with Crippen LogP contribution < -0.4 is 4.40 Å². The molecule has 0 unspecified atom stereocenters. The van der Waals surface area contributed by atoms with Gasteiger partial charge in [0, 0.05) is 38.1 Å². The van der Waals surface area contributed by atoms with E-state index in [1.54, 1.807) is 11.3 Å². The zero-order valence-electron chi connectivity index (χ0n) is 27.9. The Labute approximate surface area is 289 Å². The van der Waals surface area contributed by atoms with Crippen molar-refractivity contribution in [3.05, 3.63) is 126 Å². The SMILES string of the molecule is Cc1cc(-c2[c-]cccc2)nc[c]1[Ge]([CH3])([CH3])[CH3].[2H]C(C)(C)c1ccnc(-c2[c-]c3cccc(C)c3c3c2sc2ccccc23)c1.[Ir]. The van der Waals surface area contributed by atoms with E-state index >= 15 is 0 Å². The van der Waals surface area contributed by atoms with E-state index in [4.69, 9.17) is 1.37 Å². The molecule has 229 valence electrons. The third kappa shape index (κ3) is 6.85. The Balaban J connectivity index is 0.000000200. The monoisotopic (exact) mass is 846 g/mol. The average Bonchev–Trinajstić information content (AvgIpc) is 3.40. The Kier molecular flexibility index (Phi) is 9.68. The van der Waals surface area contributed by atoms with Crippen LogP contribution in [0, 0.1) is 26.0 Å². The van der Waals surface area contributed by atoms with Crippen LogP contribution in [0.25, 0.3) is 53.5 Å². The molecule has 1 radical (unpaired) electrons. The van der Waals surface area contributed by atoms with Gasteiger partial charge in [0.15, 0.2) is 0 Å². The molecule has 4 aromatic carbocycles. The summed E-state index contributed by atoms with van der Waals surface area (Å²) in [7, 11) is 0. The van der Waals surface area contributed by atoms with Crippen LogP contribution in [-0.2, 0) is 20.1 Å². The normalized spacial score (nSPS) is 12.0. The summed E-state index contributed by atoms with van der Waals surface area (Å²) in [4.78, 5) is 9.26. The second-order valence-corrected chi connectivity index (χ2v) is 24.3. The molecule has 0 saturated carbocycles. The van der Waals surface area contributed by atoms with Gasteiger partial charge in [0.1, 0.15) is 0 Å². The quantitative estimate of drug-likeness (QED) is 0.130. The zero-order chi connectivity index (χ0) is 31.9. The maximum atomic E-state index is 8.41. The van der Waals surface area contributed by atoms with Gasteiger partial charge in [0.2, 0.25) is 0 Å². The second kappa shape index (κ2) is 13.7. The third-order valence-corrected chi connectivity index (χ3v) is 13.8. The molecular weight excluding hydrogens is 805 g/mol. The minimum Gasteiger partial charge on any atom is -0.295 e. The molecule has 3 aromatic heterocycles. The molecule has 0 spiro atoms. The molecule has 0 saturated heterocycles. The second-order valence-electron chi connectivity index (χ2n) is 12.6. The number of thiophene rings is 1. The summed E-state index contributed by atoms with van der Waals surface area (Å²) in [6, 6.07) is 36.0. The minimum absolute atomic E-state index is 0. The summed E-state index contributed by atoms with van der Waals surface area (Å²) in [6.07, 6.45) is 3.89. The summed E-state index contributed by atoms with van der Waals surface area (Å²) in [6.45, 7) is 8.19. The van der Waals surface area contributed by atoms with E-state index in [-0.39, 0.29) is 20.1 Å². The summed E-state index contributed by atoms with van der Waals surface area (Å²) in [5.41, 5.74) is 7.62. The first-order chi connectivity index (χ1) is 21.4. The molecule has 0 aliphatic heterocycles. The Morgan fingerprint density at radius 1 is 0.822 bits per heavy atom. The molecule has 0 atom stereocenters. The molecule has 0 aliphatic rings. The molecule has 0 N–H and O–H groups in total. The van der Waals surface area contributed by atoms with Crippen LogP contribution >= 0.6 is 11.3 Å². The van der Waals surface area contributed by atoms with E-state index in [1.165, 1.54) is 41.1 Å². The van der Waals surface area contributed by atoms with Gasteiger partial charge in [0.25, 0.3) is 0 Å². The van der Waals surface area contributed by atoms with Gasteiger partial charge >= 0.3 is 106 Å². The fourth-order valence-electron chi connectivity index (χ4n) is 5.86. The van der Waals surface area contributed by atoms with Crippen molar-refractivity contribution in [1.29, 1.82) is 0 Å². The van der Waals surface area contributed by atoms with Crippen molar-refractivity contribution in [2.45, 2.75) is 50.9 Å². The van der Waals surface area contributed by atoms with Crippen molar-refractivity contribution in [2.75, 3.05) is 0 Å². The molecule has 7 aromatic rings. The molecule has 45 heavy (non-hydrogen) atoms. The molecule has 0 aliphatic carbocycles. The Hall–Kier alpha value is -3.15. The van der Waals surface area contributed by atoms with Gasteiger partial charge in [0.05, 0.1) is 0 Å². The van der Waals surface area contributed by atoms with E-state index in [1.807, 2.05) is 50.4 Å². The van der Waals surface area contributed by atoms with Gasteiger partial charge in [-0.2, -0.15) is 11.3 Å². The molecule has 0 amide bonds. The fraction of sp³-hybridized carbons (Fsp3) is 0.200. The van der Waals surface area contributed by atoms with E-state index in [0.717, 1.165) is 33.5 Å². The van der Waals surface area contributed by atoms with Crippen molar-refractivity contribution in [3.63, 3.8) is 0 Å². The van der Waals surface area contributed by atoms with E-state index < -0.39 is 19.2 Å². The van der Waals surface area contributed by atoms with Crippen molar-refractivity contribution in [2.24, 2.45) is 0 Å². The molecule has 3 heterocycles. The van der Waals surface area contributed by atoms with Gasteiger partial charge < -0.3 is 0 Å². The zero-order valence-corrected chi connectivity index (χ0v) is 32.2. The first-order valence-corrected chi connectivity index (χ1v) is 23.2. The summed E-state index contributed by atoms with van der Waals surface area (Å²) in [5.74, 6) is 6.54. The predicted molar refractivity (Wildman–Crippen MR) is 194 cm³/mol. The summed E-state index contributed by atoms with van der Waals surface area (Å²) >= 11 is 0.0293. The predicted octanol–water partition coefficient (Wildman–Crippen LogP) is 10.9. The first-order valence-electron chi connectivity index (χ1n) is 15.6. The number of rotatable bonds is 4. The van der Waals surface area contributed by atoms with Gasteiger partial charge in [-0.3, -0.25) is 4.98 Å². The topological polar surface area (TPSA) is 25.8 Å². The van der Waals surface area contributed by atoms with Crippen LogP contribution in [0.5, 0.6) is 0 Å². The number of nitrogens with zero attached hydrogens (tertiary/aromatic N) is 2. The number of aryl methyl sites for hydroxylation is 2. The van der Waals surface area contributed by atoms with Crippen LogP contribution in [-0.4, -0.2) is 23.2 Å². The number of hydrogen-bond donors (Lipinski definition) is 0. The number of pyridine rings is 2.